The number of nitrogens with zero attached hydrogens (tertiary/aromatic N) is 3. The normalized spacial score (nSPS) is 17.5. The first kappa shape index (κ1) is 15.4. The van der Waals surface area contributed by atoms with Gasteiger partial charge in [0.25, 0.3) is 0 Å². The standard InChI is InChI=1S/C14H24N4OS/c1-11-16-12(10-20-11)9-17-5-7-18(8-6-17)13(19)14(2,3)15-4/h10,15H,5-9H2,1-4H3. The van der Waals surface area contributed by atoms with Crippen LogP contribution in [0.1, 0.15) is 24.5 Å². The Balaban J connectivity index is 1.85. The number of rotatable bonds is 4. The predicted octanol–water partition coefficient (Wildman–Crippen LogP) is 1.09. The third-order valence-electron chi connectivity index (χ3n) is 3.87. The van der Waals surface area contributed by atoms with E-state index < -0.39 is 5.54 Å². The Bertz CT molecular complexity index is 463. The molecule has 0 aliphatic carbocycles. The highest BCUT2D eigenvalue weighted by Crippen LogP contribution is 2.14. The lowest BCUT2D eigenvalue weighted by Crippen LogP contribution is -2.57. The Kier molecular flexibility index (Phi) is 4.78. The molecular weight excluding hydrogens is 272 g/mol. The number of carbonyl (C=O) groups excluding carboxylic acids is 1. The number of aryl methyl sites for hydroxylation is 1. The lowest BCUT2D eigenvalue weighted by atomic mass is 10.0. The van der Waals surface area contributed by atoms with Crippen molar-refractivity contribution in [3.05, 3.63) is 16.1 Å². The molecule has 1 amide bonds. The van der Waals surface area contributed by atoms with E-state index in [1.165, 1.54) is 0 Å². The molecule has 0 unspecified atom stereocenters. The average Bonchev–Trinajstić information content (AvgIpc) is 2.84. The molecule has 20 heavy (non-hydrogen) atoms. The van der Waals surface area contributed by atoms with Gasteiger partial charge in [-0.15, -0.1) is 11.3 Å². The van der Waals surface area contributed by atoms with Crippen molar-refractivity contribution in [3.8, 4) is 0 Å². The minimum Gasteiger partial charge on any atom is -0.339 e. The molecular formula is C14H24N4OS. The molecule has 0 spiro atoms. The minimum absolute atomic E-state index is 0.184. The summed E-state index contributed by atoms with van der Waals surface area (Å²) >= 11 is 1.69. The molecule has 2 heterocycles. The van der Waals surface area contributed by atoms with E-state index in [9.17, 15) is 4.79 Å². The second-order valence-electron chi connectivity index (χ2n) is 5.80. The number of hydrogen-bond acceptors (Lipinski definition) is 5. The van der Waals surface area contributed by atoms with Gasteiger partial charge in [-0.25, -0.2) is 4.98 Å². The summed E-state index contributed by atoms with van der Waals surface area (Å²) < 4.78 is 0. The van der Waals surface area contributed by atoms with Gasteiger partial charge in [-0.1, -0.05) is 0 Å². The van der Waals surface area contributed by atoms with Gasteiger partial charge < -0.3 is 10.2 Å². The summed E-state index contributed by atoms with van der Waals surface area (Å²) in [5, 5.41) is 6.32. The van der Waals surface area contributed by atoms with Crippen LogP contribution in [0.25, 0.3) is 0 Å². The molecule has 1 aromatic rings. The molecule has 1 saturated heterocycles. The van der Waals surface area contributed by atoms with Crippen molar-refractivity contribution in [2.75, 3.05) is 33.2 Å². The van der Waals surface area contributed by atoms with Crippen molar-refractivity contribution >= 4 is 17.2 Å². The monoisotopic (exact) mass is 296 g/mol. The number of piperazine rings is 1. The average molecular weight is 296 g/mol. The third-order valence-corrected chi connectivity index (χ3v) is 4.69. The predicted molar refractivity (Wildman–Crippen MR) is 81.8 cm³/mol. The topological polar surface area (TPSA) is 48.5 Å². The van der Waals surface area contributed by atoms with E-state index in [0.717, 1.165) is 43.4 Å². The Morgan fingerprint density at radius 1 is 1.40 bits per heavy atom. The zero-order valence-electron chi connectivity index (χ0n) is 12.8. The lowest BCUT2D eigenvalue weighted by Gasteiger charge is -2.38. The van der Waals surface area contributed by atoms with Crippen LogP contribution in [0.2, 0.25) is 0 Å². The van der Waals surface area contributed by atoms with Gasteiger partial charge in [0.2, 0.25) is 5.91 Å². The van der Waals surface area contributed by atoms with E-state index in [1.807, 2.05) is 32.7 Å². The molecule has 0 bridgehead atoms. The number of aromatic nitrogens is 1. The van der Waals surface area contributed by atoms with E-state index in [-0.39, 0.29) is 5.91 Å². The quantitative estimate of drug-likeness (QED) is 0.904. The zero-order valence-corrected chi connectivity index (χ0v) is 13.6. The number of likely N-dealkylation sites (N-methyl/N-ethyl adjacent to an activating group) is 1. The summed E-state index contributed by atoms with van der Waals surface area (Å²) in [4.78, 5) is 21.2. The molecule has 1 N–H and O–H groups in total. The minimum atomic E-state index is -0.478. The maximum Gasteiger partial charge on any atom is 0.242 e. The summed E-state index contributed by atoms with van der Waals surface area (Å²) in [6, 6.07) is 0. The summed E-state index contributed by atoms with van der Waals surface area (Å²) in [6.07, 6.45) is 0. The van der Waals surface area contributed by atoms with Crippen LogP contribution in [0.5, 0.6) is 0 Å². The molecule has 6 heteroatoms. The van der Waals surface area contributed by atoms with Crippen molar-refractivity contribution in [3.63, 3.8) is 0 Å². The fraction of sp³-hybridized carbons (Fsp3) is 0.714. The Hall–Kier alpha value is -0.980. The lowest BCUT2D eigenvalue weighted by molar-refractivity contribution is -0.138. The SMILES string of the molecule is CNC(C)(C)C(=O)N1CCN(Cc2csc(C)n2)CC1. The first-order valence-electron chi connectivity index (χ1n) is 7.04. The van der Waals surface area contributed by atoms with Crippen LogP contribution in [0.4, 0.5) is 0 Å². The van der Waals surface area contributed by atoms with Gasteiger partial charge in [0, 0.05) is 38.1 Å². The van der Waals surface area contributed by atoms with Crippen LogP contribution >= 0.6 is 11.3 Å². The molecule has 0 saturated carbocycles. The Labute approximate surface area is 125 Å². The number of amides is 1. The molecule has 1 aliphatic rings. The van der Waals surface area contributed by atoms with Crippen molar-refractivity contribution < 1.29 is 4.79 Å². The van der Waals surface area contributed by atoms with Crippen molar-refractivity contribution in [1.82, 2.24) is 20.1 Å². The second kappa shape index (κ2) is 6.20. The van der Waals surface area contributed by atoms with Crippen LogP contribution < -0.4 is 5.32 Å². The van der Waals surface area contributed by atoms with Crippen molar-refractivity contribution in [2.45, 2.75) is 32.9 Å². The van der Waals surface area contributed by atoms with Gasteiger partial charge in [-0.05, 0) is 27.8 Å². The molecule has 0 atom stereocenters. The van der Waals surface area contributed by atoms with Gasteiger partial charge in [-0.3, -0.25) is 9.69 Å². The van der Waals surface area contributed by atoms with Gasteiger partial charge in [0.05, 0.1) is 16.2 Å². The third kappa shape index (κ3) is 3.56. The first-order valence-corrected chi connectivity index (χ1v) is 7.92. The Morgan fingerprint density at radius 2 is 2.05 bits per heavy atom. The highest BCUT2D eigenvalue weighted by atomic mass is 32.1. The highest BCUT2D eigenvalue weighted by Gasteiger charge is 2.32. The van der Waals surface area contributed by atoms with E-state index in [1.54, 1.807) is 11.3 Å². The number of nitrogens with one attached hydrogen (secondary N) is 1. The van der Waals surface area contributed by atoms with Crippen LogP contribution in [0.15, 0.2) is 5.38 Å². The van der Waals surface area contributed by atoms with E-state index >= 15 is 0 Å². The van der Waals surface area contributed by atoms with Gasteiger partial charge in [0.15, 0.2) is 0 Å². The van der Waals surface area contributed by atoms with Crippen LogP contribution in [0, 0.1) is 6.92 Å². The maximum absolute atomic E-state index is 12.4. The number of thiazole rings is 1. The summed E-state index contributed by atoms with van der Waals surface area (Å²) in [5.74, 6) is 0.184. The molecule has 1 aliphatic heterocycles. The van der Waals surface area contributed by atoms with Crippen LogP contribution in [0.3, 0.4) is 0 Å². The fourth-order valence-corrected chi connectivity index (χ4v) is 2.93. The molecule has 112 valence electrons. The van der Waals surface area contributed by atoms with Crippen molar-refractivity contribution in [2.24, 2.45) is 0 Å². The number of carbonyl (C=O) groups is 1. The molecule has 5 nitrogen and oxygen atoms in total. The van der Waals surface area contributed by atoms with Gasteiger partial charge >= 0.3 is 0 Å². The largest absolute Gasteiger partial charge is 0.339 e. The first-order chi connectivity index (χ1) is 9.42. The van der Waals surface area contributed by atoms with Gasteiger partial charge in [0.1, 0.15) is 0 Å². The fourth-order valence-electron chi connectivity index (χ4n) is 2.32. The van der Waals surface area contributed by atoms with E-state index in [2.05, 4.69) is 20.6 Å². The number of hydrogen-bond donors (Lipinski definition) is 1. The van der Waals surface area contributed by atoms with Crippen molar-refractivity contribution in [1.29, 1.82) is 0 Å². The Morgan fingerprint density at radius 3 is 2.55 bits per heavy atom. The molecule has 1 aromatic heterocycles. The summed E-state index contributed by atoms with van der Waals surface area (Å²) in [5.41, 5.74) is 0.664. The maximum atomic E-state index is 12.4. The van der Waals surface area contributed by atoms with Gasteiger partial charge in [-0.2, -0.15) is 0 Å². The summed E-state index contributed by atoms with van der Waals surface area (Å²) in [6.45, 7) is 10.2. The summed E-state index contributed by atoms with van der Waals surface area (Å²) in [7, 11) is 1.83. The smallest absolute Gasteiger partial charge is 0.242 e. The van der Waals surface area contributed by atoms with Crippen LogP contribution in [-0.4, -0.2) is 59.5 Å². The zero-order chi connectivity index (χ0) is 14.8. The van der Waals surface area contributed by atoms with Crippen LogP contribution in [-0.2, 0) is 11.3 Å². The molecule has 0 radical (unpaired) electrons. The molecule has 0 aromatic carbocycles. The molecule has 2 rings (SSSR count). The van der Waals surface area contributed by atoms with E-state index in [0.29, 0.717) is 0 Å². The highest BCUT2D eigenvalue weighted by molar-refractivity contribution is 7.09. The molecule has 1 fully saturated rings. The second-order valence-corrected chi connectivity index (χ2v) is 6.86. The van der Waals surface area contributed by atoms with E-state index in [4.69, 9.17) is 0 Å².